The Morgan fingerprint density at radius 1 is 1.62 bits per heavy atom. The second-order valence-electron chi connectivity index (χ2n) is 4.26. The predicted molar refractivity (Wildman–Crippen MR) is 65.0 cm³/mol. The summed E-state index contributed by atoms with van der Waals surface area (Å²) in [6, 6.07) is 0. The van der Waals surface area contributed by atoms with Gasteiger partial charge in [0.05, 0.1) is 12.7 Å². The van der Waals surface area contributed by atoms with Crippen molar-refractivity contribution in [1.29, 1.82) is 0 Å². The molecule has 2 heterocycles. The van der Waals surface area contributed by atoms with E-state index in [-0.39, 0.29) is 6.10 Å². The number of morpholine rings is 1. The Bertz CT molecular complexity index is 341. The lowest BCUT2D eigenvalue weighted by atomic mass is 10.2. The first kappa shape index (κ1) is 11.8. The van der Waals surface area contributed by atoms with Gasteiger partial charge in [-0.3, -0.25) is 0 Å². The fourth-order valence-corrected chi connectivity index (χ4v) is 2.47. The fraction of sp³-hybridized carbons (Fsp3) is 0.800. The summed E-state index contributed by atoms with van der Waals surface area (Å²) in [6.45, 7) is 7.19. The van der Waals surface area contributed by atoms with E-state index in [4.69, 9.17) is 10.5 Å². The van der Waals surface area contributed by atoms with Gasteiger partial charge in [0.15, 0.2) is 0 Å². The summed E-state index contributed by atoms with van der Waals surface area (Å²) < 4.78 is 9.88. The first-order valence-corrected chi connectivity index (χ1v) is 6.38. The Morgan fingerprint density at radius 3 is 3.06 bits per heavy atom. The van der Waals surface area contributed by atoms with Crippen LogP contribution in [0.15, 0.2) is 0 Å². The van der Waals surface area contributed by atoms with Gasteiger partial charge < -0.3 is 15.4 Å². The lowest BCUT2D eigenvalue weighted by Gasteiger charge is -2.31. The van der Waals surface area contributed by atoms with Gasteiger partial charge in [-0.15, -0.1) is 0 Å². The van der Waals surface area contributed by atoms with Crippen molar-refractivity contribution in [2.45, 2.75) is 25.9 Å². The van der Waals surface area contributed by atoms with Gasteiger partial charge in [0.1, 0.15) is 5.82 Å². The molecule has 2 rings (SSSR count). The number of nitrogens with zero attached hydrogens (tertiary/aromatic N) is 3. The van der Waals surface area contributed by atoms with Crippen molar-refractivity contribution in [2.75, 3.05) is 31.1 Å². The summed E-state index contributed by atoms with van der Waals surface area (Å²) in [5, 5.41) is 0.991. The third-order valence-electron chi connectivity index (χ3n) is 2.62. The Kier molecular flexibility index (Phi) is 3.73. The Labute approximate surface area is 99.8 Å². The standard InChI is InChI=1S/C10H18N4OS/c1-7(2)9-12-10(16-13-9)14-3-4-15-8(5-11)6-14/h7-8H,3-6,11H2,1-2H3. The molecule has 0 bridgehead atoms. The fourth-order valence-electron chi connectivity index (χ4n) is 1.63. The number of hydrogen-bond donors (Lipinski definition) is 1. The van der Waals surface area contributed by atoms with E-state index in [9.17, 15) is 0 Å². The third kappa shape index (κ3) is 2.50. The molecule has 16 heavy (non-hydrogen) atoms. The molecule has 6 heteroatoms. The maximum absolute atomic E-state index is 5.61. The smallest absolute Gasteiger partial charge is 0.205 e. The number of anilines is 1. The van der Waals surface area contributed by atoms with Gasteiger partial charge in [0.25, 0.3) is 0 Å². The van der Waals surface area contributed by atoms with Crippen molar-refractivity contribution in [3.05, 3.63) is 5.82 Å². The van der Waals surface area contributed by atoms with E-state index in [1.54, 1.807) is 0 Å². The molecule has 1 fully saturated rings. The average Bonchev–Trinajstić information content (AvgIpc) is 2.78. The van der Waals surface area contributed by atoms with E-state index in [0.717, 1.165) is 30.7 Å². The SMILES string of the molecule is CC(C)c1nsc(N2CCOC(CN)C2)n1. The predicted octanol–water partition coefficient (Wildman–Crippen LogP) is 0.825. The van der Waals surface area contributed by atoms with Gasteiger partial charge >= 0.3 is 0 Å². The van der Waals surface area contributed by atoms with Gasteiger partial charge in [0.2, 0.25) is 5.13 Å². The van der Waals surface area contributed by atoms with Crippen LogP contribution in [-0.4, -0.2) is 41.7 Å². The van der Waals surface area contributed by atoms with Crippen LogP contribution in [0.25, 0.3) is 0 Å². The van der Waals surface area contributed by atoms with Crippen molar-refractivity contribution in [3.8, 4) is 0 Å². The minimum Gasteiger partial charge on any atom is -0.373 e. The molecule has 1 aromatic heterocycles. The average molecular weight is 242 g/mol. The second kappa shape index (κ2) is 5.07. The lowest BCUT2D eigenvalue weighted by molar-refractivity contribution is 0.0465. The molecular formula is C10H18N4OS. The van der Waals surface area contributed by atoms with Crippen LogP contribution >= 0.6 is 11.5 Å². The zero-order valence-corrected chi connectivity index (χ0v) is 10.5. The highest BCUT2D eigenvalue weighted by Gasteiger charge is 2.22. The van der Waals surface area contributed by atoms with Crippen molar-refractivity contribution >= 4 is 16.7 Å². The largest absolute Gasteiger partial charge is 0.373 e. The maximum Gasteiger partial charge on any atom is 0.205 e. The van der Waals surface area contributed by atoms with E-state index in [0.29, 0.717) is 12.5 Å². The van der Waals surface area contributed by atoms with Crippen LogP contribution in [-0.2, 0) is 4.74 Å². The number of hydrogen-bond acceptors (Lipinski definition) is 6. The molecule has 90 valence electrons. The van der Waals surface area contributed by atoms with E-state index in [1.807, 2.05) is 0 Å². The number of rotatable bonds is 3. The van der Waals surface area contributed by atoms with E-state index in [2.05, 4.69) is 28.1 Å². The zero-order chi connectivity index (χ0) is 11.5. The van der Waals surface area contributed by atoms with E-state index >= 15 is 0 Å². The lowest BCUT2D eigenvalue weighted by Crippen LogP contribution is -2.45. The first-order chi connectivity index (χ1) is 7.70. The molecule has 0 aromatic carbocycles. The van der Waals surface area contributed by atoms with Crippen LogP contribution in [0.5, 0.6) is 0 Å². The minimum absolute atomic E-state index is 0.125. The summed E-state index contributed by atoms with van der Waals surface area (Å²) in [7, 11) is 0. The molecule has 1 saturated heterocycles. The quantitative estimate of drug-likeness (QED) is 0.850. The highest BCUT2D eigenvalue weighted by atomic mass is 32.1. The molecule has 0 aliphatic carbocycles. The molecule has 1 aliphatic heterocycles. The molecule has 1 unspecified atom stereocenters. The van der Waals surface area contributed by atoms with Gasteiger partial charge in [-0.05, 0) is 0 Å². The number of nitrogens with two attached hydrogens (primary N) is 1. The normalized spacial score (nSPS) is 21.8. The molecule has 0 amide bonds. The van der Waals surface area contributed by atoms with Crippen LogP contribution in [0.4, 0.5) is 5.13 Å². The van der Waals surface area contributed by atoms with E-state index < -0.39 is 0 Å². The van der Waals surface area contributed by atoms with Crippen molar-refractivity contribution in [3.63, 3.8) is 0 Å². The van der Waals surface area contributed by atoms with Gasteiger partial charge in [-0.2, -0.15) is 4.37 Å². The van der Waals surface area contributed by atoms with Gasteiger partial charge in [0, 0.05) is 37.1 Å². The third-order valence-corrected chi connectivity index (χ3v) is 3.41. The molecule has 0 radical (unpaired) electrons. The molecule has 1 aliphatic rings. The first-order valence-electron chi connectivity index (χ1n) is 5.61. The van der Waals surface area contributed by atoms with Gasteiger partial charge in [-0.1, -0.05) is 13.8 Å². The Balaban J connectivity index is 2.05. The van der Waals surface area contributed by atoms with Crippen molar-refractivity contribution < 1.29 is 4.74 Å². The van der Waals surface area contributed by atoms with Crippen LogP contribution in [0.1, 0.15) is 25.6 Å². The molecule has 1 aromatic rings. The zero-order valence-electron chi connectivity index (χ0n) is 9.72. The maximum atomic E-state index is 5.61. The molecule has 0 spiro atoms. The highest BCUT2D eigenvalue weighted by molar-refractivity contribution is 7.09. The van der Waals surface area contributed by atoms with Crippen LogP contribution < -0.4 is 10.6 Å². The Hall–Kier alpha value is -0.720. The Morgan fingerprint density at radius 2 is 2.44 bits per heavy atom. The van der Waals surface area contributed by atoms with E-state index in [1.165, 1.54) is 11.5 Å². The second-order valence-corrected chi connectivity index (χ2v) is 4.99. The summed E-state index contributed by atoms with van der Waals surface area (Å²) >= 11 is 1.47. The molecule has 5 nitrogen and oxygen atoms in total. The summed E-state index contributed by atoms with van der Waals surface area (Å²) in [5.74, 6) is 1.31. The summed E-state index contributed by atoms with van der Waals surface area (Å²) in [5.41, 5.74) is 5.61. The van der Waals surface area contributed by atoms with Crippen LogP contribution in [0, 0.1) is 0 Å². The molecule has 2 N–H and O–H groups in total. The monoisotopic (exact) mass is 242 g/mol. The van der Waals surface area contributed by atoms with Crippen molar-refractivity contribution in [1.82, 2.24) is 9.36 Å². The van der Waals surface area contributed by atoms with Crippen LogP contribution in [0.3, 0.4) is 0 Å². The van der Waals surface area contributed by atoms with Crippen molar-refractivity contribution in [2.24, 2.45) is 5.73 Å². The number of aromatic nitrogens is 2. The topological polar surface area (TPSA) is 64.3 Å². The minimum atomic E-state index is 0.125. The highest BCUT2D eigenvalue weighted by Crippen LogP contribution is 2.22. The van der Waals surface area contributed by atoms with Crippen LogP contribution in [0.2, 0.25) is 0 Å². The summed E-state index contributed by atoms with van der Waals surface area (Å²) in [4.78, 5) is 6.75. The number of ether oxygens (including phenoxy) is 1. The van der Waals surface area contributed by atoms with Gasteiger partial charge in [-0.25, -0.2) is 4.98 Å². The molecule has 1 atom stereocenters. The summed E-state index contributed by atoms with van der Waals surface area (Å²) in [6.07, 6.45) is 0.125. The molecule has 0 saturated carbocycles. The molecular weight excluding hydrogens is 224 g/mol.